The SMILES string of the molecule is CC(Cc1ccc(C2(N)CC2)cc1)C(=O)N1CCCC1. The van der Waals surface area contributed by atoms with Crippen LogP contribution in [0.1, 0.15) is 43.7 Å². The summed E-state index contributed by atoms with van der Waals surface area (Å²) in [7, 11) is 0. The predicted molar refractivity (Wildman–Crippen MR) is 80.2 cm³/mol. The Hall–Kier alpha value is -1.35. The van der Waals surface area contributed by atoms with E-state index in [1.165, 1.54) is 11.1 Å². The van der Waals surface area contributed by atoms with Crippen molar-refractivity contribution in [3.8, 4) is 0 Å². The highest BCUT2D eigenvalue weighted by Crippen LogP contribution is 2.42. The van der Waals surface area contributed by atoms with Gasteiger partial charge in [0.2, 0.25) is 5.91 Å². The van der Waals surface area contributed by atoms with Crippen LogP contribution >= 0.6 is 0 Å². The molecule has 0 spiro atoms. The second-order valence-electron chi connectivity index (χ2n) is 6.49. The lowest BCUT2D eigenvalue weighted by atomic mass is 9.97. The van der Waals surface area contributed by atoms with Crippen LogP contribution in [0.4, 0.5) is 0 Å². The molecule has 1 aromatic carbocycles. The molecule has 1 atom stereocenters. The van der Waals surface area contributed by atoms with Gasteiger partial charge in [0.15, 0.2) is 0 Å². The average molecular weight is 272 g/mol. The quantitative estimate of drug-likeness (QED) is 0.915. The van der Waals surface area contributed by atoms with Crippen LogP contribution in [0.2, 0.25) is 0 Å². The molecule has 0 radical (unpaired) electrons. The van der Waals surface area contributed by atoms with Crippen molar-refractivity contribution in [3.63, 3.8) is 0 Å². The van der Waals surface area contributed by atoms with E-state index >= 15 is 0 Å². The molecular weight excluding hydrogens is 248 g/mol. The van der Waals surface area contributed by atoms with Crippen LogP contribution in [-0.4, -0.2) is 23.9 Å². The fraction of sp³-hybridized carbons (Fsp3) is 0.588. The number of carbonyl (C=O) groups is 1. The molecule has 0 bridgehead atoms. The first kappa shape index (κ1) is 13.6. The van der Waals surface area contributed by atoms with Crippen LogP contribution in [0.5, 0.6) is 0 Å². The summed E-state index contributed by atoms with van der Waals surface area (Å²) in [5, 5.41) is 0. The lowest BCUT2D eigenvalue weighted by Gasteiger charge is -2.20. The van der Waals surface area contributed by atoms with Gasteiger partial charge in [0.1, 0.15) is 0 Å². The van der Waals surface area contributed by atoms with Gasteiger partial charge < -0.3 is 10.6 Å². The van der Waals surface area contributed by atoms with Gasteiger partial charge in [-0.1, -0.05) is 31.2 Å². The van der Waals surface area contributed by atoms with Crippen molar-refractivity contribution in [1.82, 2.24) is 4.90 Å². The van der Waals surface area contributed by atoms with Crippen molar-refractivity contribution in [2.75, 3.05) is 13.1 Å². The maximum Gasteiger partial charge on any atom is 0.225 e. The van der Waals surface area contributed by atoms with Crippen LogP contribution in [0.15, 0.2) is 24.3 Å². The molecule has 1 heterocycles. The van der Waals surface area contributed by atoms with Crippen molar-refractivity contribution < 1.29 is 4.79 Å². The Morgan fingerprint density at radius 3 is 2.40 bits per heavy atom. The second kappa shape index (κ2) is 5.21. The number of hydrogen-bond acceptors (Lipinski definition) is 2. The molecule has 3 nitrogen and oxygen atoms in total. The summed E-state index contributed by atoms with van der Waals surface area (Å²) >= 11 is 0. The number of carbonyl (C=O) groups excluding carboxylic acids is 1. The van der Waals surface area contributed by atoms with Gasteiger partial charge in [0, 0.05) is 24.5 Å². The average Bonchev–Trinajstić information content (AvgIpc) is 3.00. The van der Waals surface area contributed by atoms with E-state index in [2.05, 4.69) is 24.3 Å². The highest BCUT2D eigenvalue weighted by Gasteiger charge is 2.39. The van der Waals surface area contributed by atoms with Crippen molar-refractivity contribution in [2.24, 2.45) is 11.7 Å². The zero-order chi connectivity index (χ0) is 14.2. The molecule has 108 valence electrons. The first-order valence-electron chi connectivity index (χ1n) is 7.76. The van der Waals surface area contributed by atoms with Crippen LogP contribution in [0.3, 0.4) is 0 Å². The third-order valence-electron chi connectivity index (χ3n) is 4.70. The van der Waals surface area contributed by atoms with Crippen LogP contribution in [-0.2, 0) is 16.8 Å². The second-order valence-corrected chi connectivity index (χ2v) is 6.49. The molecule has 0 aromatic heterocycles. The summed E-state index contributed by atoms with van der Waals surface area (Å²) in [5.41, 5.74) is 8.60. The Balaban J connectivity index is 1.60. The molecule has 1 amide bonds. The fourth-order valence-corrected chi connectivity index (χ4v) is 3.09. The third-order valence-corrected chi connectivity index (χ3v) is 4.70. The minimum atomic E-state index is -0.0600. The maximum absolute atomic E-state index is 12.3. The molecule has 1 aliphatic heterocycles. The summed E-state index contributed by atoms with van der Waals surface area (Å²) in [6, 6.07) is 8.54. The molecule has 3 rings (SSSR count). The lowest BCUT2D eigenvalue weighted by molar-refractivity contribution is -0.133. The lowest BCUT2D eigenvalue weighted by Crippen LogP contribution is -2.33. The molecule has 3 heteroatoms. The number of rotatable bonds is 4. The van der Waals surface area contributed by atoms with E-state index in [4.69, 9.17) is 5.73 Å². The van der Waals surface area contributed by atoms with Crippen LogP contribution < -0.4 is 5.73 Å². The normalized spacial score (nSPS) is 21.8. The highest BCUT2D eigenvalue weighted by atomic mass is 16.2. The van der Waals surface area contributed by atoms with E-state index < -0.39 is 0 Å². The first-order valence-corrected chi connectivity index (χ1v) is 7.76. The number of nitrogens with two attached hydrogens (primary N) is 1. The van der Waals surface area contributed by atoms with E-state index in [-0.39, 0.29) is 11.5 Å². The fourth-order valence-electron chi connectivity index (χ4n) is 3.09. The zero-order valence-electron chi connectivity index (χ0n) is 12.3. The summed E-state index contributed by atoms with van der Waals surface area (Å²) < 4.78 is 0. The standard InChI is InChI=1S/C17H24N2O/c1-13(16(20)19-10-2-3-11-19)12-14-4-6-15(7-5-14)17(18)8-9-17/h4-7,13H,2-3,8-12,18H2,1H3. The Labute approximate surface area is 121 Å². The molecular formula is C17H24N2O. The van der Waals surface area contributed by atoms with E-state index in [1.807, 2.05) is 11.8 Å². The molecule has 1 aliphatic carbocycles. The van der Waals surface area contributed by atoms with Gasteiger partial charge in [-0.3, -0.25) is 4.79 Å². The summed E-state index contributed by atoms with van der Waals surface area (Å²) in [5.74, 6) is 0.385. The Morgan fingerprint density at radius 2 is 1.85 bits per heavy atom. The van der Waals surface area contributed by atoms with Gasteiger partial charge in [-0.25, -0.2) is 0 Å². The van der Waals surface area contributed by atoms with E-state index in [0.717, 1.165) is 45.2 Å². The summed E-state index contributed by atoms with van der Waals surface area (Å²) in [4.78, 5) is 14.3. The molecule has 20 heavy (non-hydrogen) atoms. The third kappa shape index (κ3) is 2.73. The highest BCUT2D eigenvalue weighted by molar-refractivity contribution is 5.79. The molecule has 1 saturated carbocycles. The predicted octanol–water partition coefficient (Wildman–Crippen LogP) is 2.44. The van der Waals surface area contributed by atoms with Crippen molar-refractivity contribution in [2.45, 2.75) is 44.6 Å². The molecule has 1 unspecified atom stereocenters. The topological polar surface area (TPSA) is 46.3 Å². The van der Waals surface area contributed by atoms with E-state index in [1.54, 1.807) is 0 Å². The molecule has 1 aromatic rings. The molecule has 1 saturated heterocycles. The maximum atomic E-state index is 12.3. The van der Waals surface area contributed by atoms with Crippen LogP contribution in [0, 0.1) is 5.92 Å². The smallest absolute Gasteiger partial charge is 0.225 e. The van der Waals surface area contributed by atoms with E-state index in [9.17, 15) is 4.79 Å². The Kier molecular flexibility index (Phi) is 3.55. The van der Waals surface area contributed by atoms with Gasteiger partial charge in [-0.2, -0.15) is 0 Å². The van der Waals surface area contributed by atoms with Gasteiger partial charge in [-0.05, 0) is 43.2 Å². The first-order chi connectivity index (χ1) is 9.58. The number of benzene rings is 1. The summed E-state index contributed by atoms with van der Waals surface area (Å²) in [6.45, 7) is 3.93. The summed E-state index contributed by atoms with van der Waals surface area (Å²) in [6.07, 6.45) is 5.33. The van der Waals surface area contributed by atoms with Crippen LogP contribution in [0.25, 0.3) is 0 Å². The van der Waals surface area contributed by atoms with Gasteiger partial charge in [-0.15, -0.1) is 0 Å². The Bertz CT molecular complexity index is 484. The molecule has 2 N–H and O–H groups in total. The van der Waals surface area contributed by atoms with Gasteiger partial charge in [0.05, 0.1) is 0 Å². The minimum Gasteiger partial charge on any atom is -0.342 e. The van der Waals surface area contributed by atoms with Crippen molar-refractivity contribution in [3.05, 3.63) is 35.4 Å². The van der Waals surface area contributed by atoms with Crippen molar-refractivity contribution in [1.29, 1.82) is 0 Å². The largest absolute Gasteiger partial charge is 0.342 e. The molecule has 2 aliphatic rings. The minimum absolute atomic E-state index is 0.0600. The Morgan fingerprint density at radius 1 is 1.25 bits per heavy atom. The molecule has 2 fully saturated rings. The monoisotopic (exact) mass is 272 g/mol. The number of nitrogens with zero attached hydrogens (tertiary/aromatic N) is 1. The number of amides is 1. The van der Waals surface area contributed by atoms with Crippen molar-refractivity contribution >= 4 is 5.91 Å². The van der Waals surface area contributed by atoms with Gasteiger partial charge >= 0.3 is 0 Å². The van der Waals surface area contributed by atoms with Gasteiger partial charge in [0.25, 0.3) is 0 Å². The number of likely N-dealkylation sites (tertiary alicyclic amines) is 1. The zero-order valence-corrected chi connectivity index (χ0v) is 12.3. The van der Waals surface area contributed by atoms with E-state index in [0.29, 0.717) is 5.91 Å². The number of hydrogen-bond donors (Lipinski definition) is 1.